The number of hydrogen-bond donors (Lipinski definition) is 0. The summed E-state index contributed by atoms with van der Waals surface area (Å²) in [6.07, 6.45) is -0.833. The normalized spacial score (nSPS) is 5.00. The van der Waals surface area contributed by atoms with Crippen molar-refractivity contribution in [1.82, 2.24) is 0 Å². The predicted molar refractivity (Wildman–Crippen MR) is 65.3 cm³/mol. The van der Waals surface area contributed by atoms with Gasteiger partial charge in [0, 0.05) is 0 Å². The van der Waals surface area contributed by atoms with Crippen molar-refractivity contribution in [2.75, 3.05) is 5.34 Å². The Morgan fingerprint density at radius 2 is 0.800 bits per heavy atom. The molecule has 0 saturated carbocycles. The first-order valence-corrected chi connectivity index (χ1v) is 9.06. The van der Waals surface area contributed by atoms with E-state index in [1.54, 1.807) is 27.7 Å². The third-order valence-electron chi connectivity index (χ3n) is 0. The van der Waals surface area contributed by atoms with E-state index in [4.69, 9.17) is 41.8 Å². The molecule has 0 saturated heterocycles. The van der Waals surface area contributed by atoms with Gasteiger partial charge in [0.15, 0.2) is 0 Å². The first-order valence-electron chi connectivity index (χ1n) is 3.69. The van der Waals surface area contributed by atoms with Crippen LogP contribution in [0.2, 0.25) is 0 Å². The minimum Gasteiger partial charge on any atom is 4.00 e. The number of alkyl halides is 2. The largest absolute Gasteiger partial charge is 4.00 e. The summed E-state index contributed by atoms with van der Waals surface area (Å²) in [7, 11) is 9.78. The molecule has 0 aromatic rings. The van der Waals surface area contributed by atoms with Crippen LogP contribution in [0.25, 0.3) is 0 Å². The molecule has 0 aliphatic carbocycles. The van der Waals surface area contributed by atoms with Gasteiger partial charge < -0.3 is 59.8 Å². The van der Waals surface area contributed by atoms with E-state index in [0.717, 1.165) is 0 Å². The van der Waals surface area contributed by atoms with Gasteiger partial charge in [-0.2, -0.15) is 0 Å². The maximum Gasteiger partial charge on any atom is 4.00 e. The fraction of sp³-hybridized carbons (Fsp3) is 1.00. The van der Waals surface area contributed by atoms with Gasteiger partial charge in [0.05, 0.1) is 5.34 Å². The second-order valence-corrected chi connectivity index (χ2v) is 5.66. The molecule has 0 heterocycles. The summed E-state index contributed by atoms with van der Waals surface area (Å²) in [4.78, 5) is 0. The van der Waals surface area contributed by atoms with Crippen LogP contribution in [0.5, 0.6) is 0 Å². The Hall–Kier alpha value is 3.67. The molecule has 0 atom stereocenters. The van der Waals surface area contributed by atoms with Crippen LogP contribution in [-0.2, 0) is 38.7 Å². The summed E-state index contributed by atoms with van der Waals surface area (Å²) in [5, 5.41) is 19.2. The van der Waals surface area contributed by atoms with Crippen LogP contribution in [0.15, 0.2) is 0 Å². The van der Waals surface area contributed by atoms with E-state index in [0.29, 0.717) is 0 Å². The molecule has 0 N–H and O–H groups in total. The quantitative estimate of drug-likeness (QED) is 0.232. The third-order valence-corrected chi connectivity index (χ3v) is 0. The van der Waals surface area contributed by atoms with Gasteiger partial charge in [0.25, 0.3) is 0 Å². The zero-order valence-corrected chi connectivity index (χ0v) is 19.9. The molecule has 0 aliphatic rings. The molecule has 20 heavy (non-hydrogen) atoms. The Labute approximate surface area is 191 Å². The van der Waals surface area contributed by atoms with Crippen molar-refractivity contribution in [2.24, 2.45) is 0 Å². The summed E-state index contributed by atoms with van der Waals surface area (Å²) in [5.74, 6) is 0. The van der Waals surface area contributed by atoms with Gasteiger partial charge in [-0.05, 0) is 0 Å². The van der Waals surface area contributed by atoms with Gasteiger partial charge in [0.1, 0.15) is 0 Å². The number of hydrogen-bond acceptors (Lipinski definition) is 2. The van der Waals surface area contributed by atoms with E-state index < -0.39 is 29.2 Å². The van der Waals surface area contributed by atoms with E-state index >= 15 is 0 Å². The minimum absolute atomic E-state index is 0. The second-order valence-electron chi connectivity index (χ2n) is 2.27. The molecule has 0 aromatic carbocycles. The average molecular weight is 528 g/mol. The van der Waals surface area contributed by atoms with Crippen LogP contribution < -0.4 is 59.8 Å². The molecule has 2 nitrogen and oxygen atoms in total. The topological polar surface area (TPSA) is 46.1 Å². The van der Waals surface area contributed by atoms with Crippen molar-refractivity contribution in [3.63, 3.8) is 0 Å². The van der Waals surface area contributed by atoms with Gasteiger partial charge in [-0.15, -0.1) is 35.4 Å². The maximum atomic E-state index is 9.53. The molecule has 128 valence electrons. The summed E-state index contributed by atoms with van der Waals surface area (Å²) in [6, 6.07) is 0. The third kappa shape index (κ3) is 688. The van der Waals surface area contributed by atoms with Gasteiger partial charge in [0.2, 0.25) is 0 Å². The molecule has 0 fully saturated rings. The molecular weight excluding hydrogens is 507 g/mol. The van der Waals surface area contributed by atoms with Crippen LogP contribution in [0, 0.1) is 0 Å². The molecule has 12 heteroatoms. The van der Waals surface area contributed by atoms with Crippen molar-refractivity contribution in [2.45, 2.75) is 47.3 Å². The smallest absolute Gasteiger partial charge is 4.00 e. The monoisotopic (exact) mass is 524 g/mol. The molecule has 0 bridgehead atoms. The van der Waals surface area contributed by atoms with Crippen molar-refractivity contribution >= 4 is 41.8 Å². The summed E-state index contributed by atoms with van der Waals surface area (Å²) in [5.41, 5.74) is 0. The molecule has 0 unspecified atom stereocenters. The molecule has 0 aromatic heterocycles. The fourth-order valence-corrected chi connectivity index (χ4v) is 0. The first-order chi connectivity index (χ1) is 6.29. The molecule has 0 aliphatic heterocycles. The standard InChI is InChI=1S/2C3H7O.CH2Cl2.CH4.6ClH.2Ti/c2*1-3(2)4;2-1-3;;;;;;;;;/h2*3H,1-2H3;1H2;1H4;6*1H;;/q2*-1;;;;;;;;;2*+4/p-6. The SMILES string of the molecule is C.CC(C)[O-].CC(C)[O-].ClCCl.[Cl-].[Cl-].[Cl-].[Cl-].[Cl][Ti+2][Cl].[Ti+4]. The van der Waals surface area contributed by atoms with Crippen LogP contribution in [0.1, 0.15) is 35.1 Å². The van der Waals surface area contributed by atoms with Gasteiger partial charge in [-0.25, -0.2) is 0 Å². The average Bonchev–Trinajstić information content (AvgIpc) is 1.85. The molecular formula is C8H20Cl8O2Ti2. The van der Waals surface area contributed by atoms with Crippen LogP contribution in [0.4, 0.5) is 0 Å². The number of rotatable bonds is 0. The Balaban J connectivity index is -0.00000000763. The second kappa shape index (κ2) is 78.2. The fourth-order valence-electron chi connectivity index (χ4n) is 0. The van der Waals surface area contributed by atoms with Crippen LogP contribution in [-0.4, -0.2) is 17.5 Å². The summed E-state index contributed by atoms with van der Waals surface area (Å²) in [6.45, 7) is 6.44. The Morgan fingerprint density at radius 3 is 0.800 bits per heavy atom. The maximum absolute atomic E-state index is 9.53. The van der Waals surface area contributed by atoms with E-state index in [1.807, 2.05) is 0 Å². The van der Waals surface area contributed by atoms with E-state index in [2.05, 4.69) is 0 Å². The van der Waals surface area contributed by atoms with E-state index in [1.165, 1.54) is 0 Å². The van der Waals surface area contributed by atoms with Crippen molar-refractivity contribution < 1.29 is 98.6 Å². The molecule has 0 radical (unpaired) electrons. The number of halogens is 8. The van der Waals surface area contributed by atoms with Gasteiger partial charge >= 0.3 is 57.4 Å². The minimum atomic E-state index is -0.556. The Kier molecular flexibility index (Phi) is 254. The zero-order valence-electron chi connectivity index (χ0n) is 10.7. The van der Waals surface area contributed by atoms with Crippen LogP contribution >= 0.6 is 41.8 Å². The molecule has 0 rings (SSSR count). The van der Waals surface area contributed by atoms with Gasteiger partial charge in [-0.1, -0.05) is 35.1 Å². The zero-order chi connectivity index (χ0) is 12.6. The Bertz CT molecular complexity index is 64.9. The predicted octanol–water partition coefficient (Wildman–Crippen LogP) is -9.04. The molecule has 0 amide bonds. The van der Waals surface area contributed by atoms with Crippen molar-refractivity contribution in [3.8, 4) is 0 Å². The first kappa shape index (κ1) is 65.1. The van der Waals surface area contributed by atoms with Crippen molar-refractivity contribution in [3.05, 3.63) is 0 Å². The Morgan fingerprint density at radius 1 is 0.800 bits per heavy atom. The van der Waals surface area contributed by atoms with Crippen LogP contribution in [0.3, 0.4) is 0 Å². The van der Waals surface area contributed by atoms with Gasteiger partial charge in [-0.3, -0.25) is 0 Å². The van der Waals surface area contributed by atoms with E-state index in [9.17, 15) is 10.2 Å². The molecule has 0 spiro atoms. The summed E-state index contributed by atoms with van der Waals surface area (Å²) < 4.78 is 0. The van der Waals surface area contributed by atoms with E-state index in [-0.39, 0.29) is 84.1 Å². The summed E-state index contributed by atoms with van der Waals surface area (Å²) >= 11 is 8.97. The van der Waals surface area contributed by atoms with Crippen molar-refractivity contribution in [1.29, 1.82) is 0 Å².